The Morgan fingerprint density at radius 3 is 2.52 bits per heavy atom. The maximum atomic E-state index is 13.6. The van der Waals surface area contributed by atoms with Crippen molar-refractivity contribution in [2.24, 2.45) is 5.92 Å². The van der Waals surface area contributed by atoms with Gasteiger partial charge < -0.3 is 5.32 Å². The second-order valence-corrected chi connectivity index (χ2v) is 8.06. The molecule has 0 heterocycles. The standard InChI is InChI=1S/C23H26FNO2/c1-14(2)10-21-15(3)6-5-7-20(21)22(27)25-23(16(4)26)12-17-8-9-19(24)11-18(17)13-23/h5-9,11,14H,10,12-13H2,1-4H3,(H,25,27)/t23-/m1/s1. The summed E-state index contributed by atoms with van der Waals surface area (Å²) in [7, 11) is 0. The molecule has 1 atom stereocenters. The van der Waals surface area contributed by atoms with E-state index in [4.69, 9.17) is 0 Å². The quantitative estimate of drug-likeness (QED) is 0.861. The van der Waals surface area contributed by atoms with Crippen molar-refractivity contribution in [1.82, 2.24) is 5.32 Å². The third-order valence-electron chi connectivity index (χ3n) is 5.45. The van der Waals surface area contributed by atoms with Gasteiger partial charge in [0.05, 0.1) is 0 Å². The number of fused-ring (bicyclic) bond motifs is 1. The van der Waals surface area contributed by atoms with Crippen LogP contribution < -0.4 is 5.32 Å². The topological polar surface area (TPSA) is 46.2 Å². The number of hydrogen-bond donors (Lipinski definition) is 1. The molecule has 0 aliphatic heterocycles. The van der Waals surface area contributed by atoms with E-state index in [1.54, 1.807) is 6.07 Å². The maximum Gasteiger partial charge on any atom is 0.252 e. The molecule has 0 saturated heterocycles. The molecule has 142 valence electrons. The van der Waals surface area contributed by atoms with Crippen LogP contribution in [0, 0.1) is 18.7 Å². The SMILES string of the molecule is CC(=O)[C@@]1(NC(=O)c2cccc(C)c2CC(C)C)Cc2ccc(F)cc2C1. The van der Waals surface area contributed by atoms with Gasteiger partial charge in [-0.3, -0.25) is 9.59 Å². The molecule has 2 aromatic carbocycles. The smallest absolute Gasteiger partial charge is 0.252 e. The first-order valence-corrected chi connectivity index (χ1v) is 9.41. The van der Waals surface area contributed by atoms with Gasteiger partial charge in [0.1, 0.15) is 11.4 Å². The minimum Gasteiger partial charge on any atom is -0.339 e. The van der Waals surface area contributed by atoms with Crippen LogP contribution in [0.5, 0.6) is 0 Å². The number of aryl methyl sites for hydroxylation is 1. The molecule has 4 heteroatoms. The number of Topliss-reactive ketones (excluding diaryl/α,β-unsaturated/α-hetero) is 1. The fraction of sp³-hybridized carbons (Fsp3) is 0.391. The van der Waals surface area contributed by atoms with Gasteiger partial charge in [0, 0.05) is 18.4 Å². The summed E-state index contributed by atoms with van der Waals surface area (Å²) in [6.45, 7) is 7.73. The molecule has 1 aliphatic rings. The summed E-state index contributed by atoms with van der Waals surface area (Å²) < 4.78 is 13.6. The zero-order valence-electron chi connectivity index (χ0n) is 16.4. The van der Waals surface area contributed by atoms with Gasteiger partial charge in [-0.25, -0.2) is 4.39 Å². The molecule has 1 aliphatic carbocycles. The van der Waals surface area contributed by atoms with Crippen LogP contribution in [-0.4, -0.2) is 17.2 Å². The minimum absolute atomic E-state index is 0.106. The first-order chi connectivity index (χ1) is 12.7. The molecule has 0 fully saturated rings. The highest BCUT2D eigenvalue weighted by Gasteiger charge is 2.43. The van der Waals surface area contributed by atoms with Crippen LogP contribution >= 0.6 is 0 Å². The number of benzene rings is 2. The van der Waals surface area contributed by atoms with E-state index in [0.717, 1.165) is 28.7 Å². The van der Waals surface area contributed by atoms with Crippen LogP contribution in [-0.2, 0) is 24.1 Å². The summed E-state index contributed by atoms with van der Waals surface area (Å²) in [6, 6.07) is 10.3. The first kappa shape index (κ1) is 19.3. The Morgan fingerprint density at radius 2 is 1.85 bits per heavy atom. The number of ketones is 1. The summed E-state index contributed by atoms with van der Waals surface area (Å²) in [5.41, 5.74) is 3.41. The first-order valence-electron chi connectivity index (χ1n) is 9.41. The van der Waals surface area contributed by atoms with Gasteiger partial charge in [0.2, 0.25) is 0 Å². The molecule has 0 aromatic heterocycles. The summed E-state index contributed by atoms with van der Waals surface area (Å²) in [5, 5.41) is 3.00. The Balaban J connectivity index is 1.93. The molecule has 0 unspecified atom stereocenters. The van der Waals surface area contributed by atoms with Crippen LogP contribution in [0.1, 0.15) is 53.4 Å². The van der Waals surface area contributed by atoms with Gasteiger partial charge in [-0.1, -0.05) is 32.0 Å². The van der Waals surface area contributed by atoms with E-state index in [2.05, 4.69) is 19.2 Å². The largest absolute Gasteiger partial charge is 0.339 e. The van der Waals surface area contributed by atoms with Crippen LogP contribution in [0.2, 0.25) is 0 Å². The lowest BCUT2D eigenvalue weighted by Crippen LogP contribution is -2.54. The molecule has 0 spiro atoms. The number of rotatable bonds is 5. The predicted octanol–water partition coefficient (Wildman–Crippen LogP) is 4.19. The molecule has 27 heavy (non-hydrogen) atoms. The number of carbonyl (C=O) groups is 2. The summed E-state index contributed by atoms with van der Waals surface area (Å²) in [5.74, 6) is -0.251. The zero-order valence-corrected chi connectivity index (χ0v) is 16.4. The molecule has 1 amide bonds. The molecular formula is C23H26FNO2. The van der Waals surface area contributed by atoms with E-state index in [-0.39, 0.29) is 17.5 Å². The monoisotopic (exact) mass is 367 g/mol. The molecule has 3 rings (SSSR count). The van der Waals surface area contributed by atoms with Crippen molar-refractivity contribution < 1.29 is 14.0 Å². The molecule has 2 aromatic rings. The average Bonchev–Trinajstić information content (AvgIpc) is 2.94. The normalized spacial score (nSPS) is 18.4. The van der Waals surface area contributed by atoms with Crippen molar-refractivity contribution in [1.29, 1.82) is 0 Å². The van der Waals surface area contributed by atoms with Crippen LogP contribution in [0.4, 0.5) is 4.39 Å². The number of carbonyl (C=O) groups excluding carboxylic acids is 2. The summed E-state index contributed by atoms with van der Waals surface area (Å²) in [6.07, 6.45) is 1.52. The van der Waals surface area contributed by atoms with E-state index in [0.29, 0.717) is 24.3 Å². The van der Waals surface area contributed by atoms with Crippen LogP contribution in [0.25, 0.3) is 0 Å². The Labute approximate surface area is 160 Å². The molecule has 3 nitrogen and oxygen atoms in total. The van der Waals surface area contributed by atoms with Gasteiger partial charge in [-0.2, -0.15) is 0 Å². The van der Waals surface area contributed by atoms with Crippen molar-refractivity contribution in [3.8, 4) is 0 Å². The number of amides is 1. The summed E-state index contributed by atoms with van der Waals surface area (Å²) in [4.78, 5) is 25.7. The minimum atomic E-state index is -1.01. The fourth-order valence-corrected chi connectivity index (χ4v) is 3.95. The van der Waals surface area contributed by atoms with E-state index < -0.39 is 5.54 Å². The molecule has 1 N–H and O–H groups in total. The maximum absolute atomic E-state index is 13.6. The van der Waals surface area contributed by atoms with Crippen molar-refractivity contribution in [3.05, 3.63) is 70.0 Å². The molecule has 0 saturated carbocycles. The second-order valence-electron chi connectivity index (χ2n) is 8.06. The summed E-state index contributed by atoms with van der Waals surface area (Å²) >= 11 is 0. The third kappa shape index (κ3) is 3.80. The van der Waals surface area contributed by atoms with Crippen molar-refractivity contribution in [2.45, 2.75) is 52.5 Å². The lowest BCUT2D eigenvalue weighted by Gasteiger charge is -2.28. The average molecular weight is 367 g/mol. The molecule has 0 radical (unpaired) electrons. The molecular weight excluding hydrogens is 341 g/mol. The Morgan fingerprint density at radius 1 is 1.15 bits per heavy atom. The van der Waals surface area contributed by atoms with Gasteiger partial charge in [0.15, 0.2) is 5.78 Å². The lowest BCUT2D eigenvalue weighted by molar-refractivity contribution is -0.122. The van der Waals surface area contributed by atoms with Crippen LogP contribution in [0.15, 0.2) is 36.4 Å². The van der Waals surface area contributed by atoms with E-state index >= 15 is 0 Å². The zero-order chi connectivity index (χ0) is 19.8. The molecule has 0 bridgehead atoms. The third-order valence-corrected chi connectivity index (χ3v) is 5.45. The Hall–Kier alpha value is -2.49. The van der Waals surface area contributed by atoms with Gasteiger partial charge in [-0.15, -0.1) is 0 Å². The Bertz CT molecular complexity index is 903. The van der Waals surface area contributed by atoms with Gasteiger partial charge in [-0.05, 0) is 66.6 Å². The van der Waals surface area contributed by atoms with Crippen molar-refractivity contribution in [2.75, 3.05) is 0 Å². The van der Waals surface area contributed by atoms with Gasteiger partial charge in [0.25, 0.3) is 5.91 Å². The van der Waals surface area contributed by atoms with E-state index in [1.807, 2.05) is 25.1 Å². The highest BCUT2D eigenvalue weighted by Crippen LogP contribution is 2.32. The highest BCUT2D eigenvalue weighted by molar-refractivity contribution is 6.01. The van der Waals surface area contributed by atoms with E-state index in [9.17, 15) is 14.0 Å². The predicted molar refractivity (Wildman–Crippen MR) is 104 cm³/mol. The lowest BCUT2D eigenvalue weighted by atomic mass is 9.89. The number of nitrogens with one attached hydrogen (secondary N) is 1. The number of halogens is 1. The van der Waals surface area contributed by atoms with E-state index in [1.165, 1.54) is 19.1 Å². The van der Waals surface area contributed by atoms with Crippen LogP contribution in [0.3, 0.4) is 0 Å². The fourth-order valence-electron chi connectivity index (χ4n) is 3.95. The Kier molecular flexibility index (Phi) is 5.18. The highest BCUT2D eigenvalue weighted by atomic mass is 19.1. The van der Waals surface area contributed by atoms with Gasteiger partial charge >= 0.3 is 0 Å². The second kappa shape index (κ2) is 7.26. The number of hydrogen-bond acceptors (Lipinski definition) is 2. The van der Waals surface area contributed by atoms with Crippen molar-refractivity contribution >= 4 is 11.7 Å². The van der Waals surface area contributed by atoms with Crippen molar-refractivity contribution in [3.63, 3.8) is 0 Å².